The molecule has 3 N–H and O–H groups in total. The Labute approximate surface area is 163 Å². The highest BCUT2D eigenvalue weighted by Gasteiger charge is 2.33. The zero-order valence-electron chi connectivity index (χ0n) is 17.5. The van der Waals surface area contributed by atoms with Gasteiger partial charge >= 0.3 is 6.09 Å². The van der Waals surface area contributed by atoms with Crippen LogP contribution in [0.1, 0.15) is 78.7 Å². The van der Waals surface area contributed by atoms with Crippen molar-refractivity contribution < 1.29 is 14.6 Å². The summed E-state index contributed by atoms with van der Waals surface area (Å²) in [7, 11) is 0. The summed E-state index contributed by atoms with van der Waals surface area (Å²) in [6, 6.07) is 8.17. The quantitative estimate of drug-likeness (QED) is 0.657. The number of hydrogen-bond acceptors (Lipinski definition) is 4. The number of hydrogen-bond donors (Lipinski definition) is 3. The van der Waals surface area contributed by atoms with E-state index in [1.165, 1.54) is 6.42 Å². The van der Waals surface area contributed by atoms with Gasteiger partial charge in [0.2, 0.25) is 0 Å². The Kier molecular flexibility index (Phi) is 7.15. The zero-order valence-corrected chi connectivity index (χ0v) is 17.5. The number of benzene rings is 1. The van der Waals surface area contributed by atoms with Gasteiger partial charge in [0, 0.05) is 23.3 Å². The minimum Gasteiger partial charge on any atom is -0.444 e. The lowest BCUT2D eigenvalue weighted by Crippen LogP contribution is -2.40. The van der Waals surface area contributed by atoms with Crippen LogP contribution in [0, 0.1) is 0 Å². The third kappa shape index (κ3) is 6.73. The van der Waals surface area contributed by atoms with E-state index < -0.39 is 11.2 Å². The predicted octanol–water partition coefficient (Wildman–Crippen LogP) is 4.94. The number of aliphatic hydroxyl groups is 1. The van der Waals surface area contributed by atoms with Gasteiger partial charge in [-0.05, 0) is 59.9 Å². The van der Waals surface area contributed by atoms with Crippen LogP contribution in [-0.2, 0) is 10.3 Å². The lowest BCUT2D eigenvalue weighted by atomic mass is 9.79. The van der Waals surface area contributed by atoms with Crippen LogP contribution < -0.4 is 10.6 Å². The highest BCUT2D eigenvalue weighted by Crippen LogP contribution is 2.40. The smallest absolute Gasteiger partial charge is 0.407 e. The van der Waals surface area contributed by atoms with Crippen LogP contribution in [0.2, 0.25) is 0 Å². The summed E-state index contributed by atoms with van der Waals surface area (Å²) in [5.74, 6) is 0. The van der Waals surface area contributed by atoms with Gasteiger partial charge in [0.15, 0.2) is 0 Å². The third-order valence-corrected chi connectivity index (χ3v) is 4.98. The first-order valence-corrected chi connectivity index (χ1v) is 10.2. The molecule has 0 bridgehead atoms. The van der Waals surface area contributed by atoms with Crippen LogP contribution in [0.4, 0.5) is 10.5 Å². The molecule has 0 aliphatic heterocycles. The molecule has 0 aromatic heterocycles. The molecule has 5 nitrogen and oxygen atoms in total. The number of nitrogens with one attached hydrogen (secondary N) is 2. The summed E-state index contributed by atoms with van der Waals surface area (Å²) < 4.78 is 5.32. The van der Waals surface area contributed by atoms with Gasteiger partial charge in [0.25, 0.3) is 0 Å². The topological polar surface area (TPSA) is 70.6 Å². The summed E-state index contributed by atoms with van der Waals surface area (Å²) in [5, 5.41) is 17.6. The van der Waals surface area contributed by atoms with E-state index in [2.05, 4.69) is 17.6 Å². The number of alkyl carbamates (subject to hydrolysis) is 1. The molecular formula is C22H36N2O3. The maximum absolute atomic E-state index is 11.9. The molecule has 2 rings (SSSR count). The first-order chi connectivity index (χ1) is 12.6. The molecule has 1 saturated carbocycles. The number of amides is 1. The van der Waals surface area contributed by atoms with Crippen LogP contribution in [0.15, 0.2) is 24.3 Å². The van der Waals surface area contributed by atoms with Gasteiger partial charge in [0.05, 0.1) is 5.60 Å². The molecule has 2 unspecified atom stereocenters. The highest BCUT2D eigenvalue weighted by molar-refractivity contribution is 5.68. The summed E-state index contributed by atoms with van der Waals surface area (Å²) in [5.41, 5.74) is 0.743. The van der Waals surface area contributed by atoms with Crippen molar-refractivity contribution in [2.75, 3.05) is 5.32 Å². The molecule has 0 spiro atoms. The van der Waals surface area contributed by atoms with Gasteiger partial charge in [0.1, 0.15) is 5.60 Å². The van der Waals surface area contributed by atoms with Crippen molar-refractivity contribution in [2.45, 2.75) is 96.4 Å². The normalized spacial score (nSPS) is 19.0. The molecule has 1 aromatic rings. The summed E-state index contributed by atoms with van der Waals surface area (Å²) in [4.78, 5) is 11.9. The first-order valence-electron chi connectivity index (χ1n) is 10.2. The first kappa shape index (κ1) is 21.5. The number of rotatable bonds is 6. The van der Waals surface area contributed by atoms with E-state index in [-0.39, 0.29) is 18.2 Å². The lowest BCUT2D eigenvalue weighted by Gasteiger charge is -2.35. The van der Waals surface area contributed by atoms with E-state index in [1.54, 1.807) is 0 Å². The standard InChI is InChI=1S/C22H36N2O3/c1-16(15-17(2)24-20(25)27-21(3,4)5)23-19-12-8-7-11-18(19)22(26)13-9-6-10-14-22/h7-8,11-12,16-17,23,26H,6,9-10,13-15H2,1-5H3,(H,24,25). The average Bonchev–Trinajstić information content (AvgIpc) is 2.53. The van der Waals surface area contributed by atoms with E-state index in [0.717, 1.165) is 43.4 Å². The van der Waals surface area contributed by atoms with Gasteiger partial charge in [-0.25, -0.2) is 4.79 Å². The number of carbonyl (C=O) groups excluding carboxylic acids is 1. The van der Waals surface area contributed by atoms with Crippen LogP contribution in [-0.4, -0.2) is 28.9 Å². The largest absolute Gasteiger partial charge is 0.444 e. The maximum atomic E-state index is 11.9. The molecule has 2 atom stereocenters. The molecule has 0 heterocycles. The SMILES string of the molecule is CC(CC(C)Nc1ccccc1C1(O)CCCCC1)NC(=O)OC(C)(C)C. The molecule has 152 valence electrons. The Morgan fingerprint density at radius 2 is 1.78 bits per heavy atom. The number of ether oxygens (including phenoxy) is 1. The van der Waals surface area contributed by atoms with Crippen molar-refractivity contribution in [3.8, 4) is 0 Å². The van der Waals surface area contributed by atoms with E-state index in [4.69, 9.17) is 4.74 Å². The Balaban J connectivity index is 1.96. The second kappa shape index (κ2) is 8.96. The molecule has 1 aliphatic rings. The second-order valence-electron chi connectivity index (χ2n) is 8.97. The van der Waals surface area contributed by atoms with E-state index in [1.807, 2.05) is 52.0 Å². The predicted molar refractivity (Wildman–Crippen MR) is 110 cm³/mol. The number of para-hydroxylation sites is 1. The Hall–Kier alpha value is -1.75. The molecule has 1 amide bonds. The van der Waals surface area contributed by atoms with Gasteiger partial charge in [-0.15, -0.1) is 0 Å². The van der Waals surface area contributed by atoms with Crippen molar-refractivity contribution in [3.63, 3.8) is 0 Å². The fraction of sp³-hybridized carbons (Fsp3) is 0.682. The van der Waals surface area contributed by atoms with E-state index in [0.29, 0.717) is 0 Å². The fourth-order valence-corrected chi connectivity index (χ4v) is 3.84. The maximum Gasteiger partial charge on any atom is 0.407 e. The molecule has 5 heteroatoms. The molecule has 1 fully saturated rings. The zero-order chi connectivity index (χ0) is 20.1. The second-order valence-corrected chi connectivity index (χ2v) is 8.97. The average molecular weight is 377 g/mol. The van der Waals surface area contributed by atoms with Crippen molar-refractivity contribution in [1.29, 1.82) is 0 Å². The lowest BCUT2D eigenvalue weighted by molar-refractivity contribution is -0.0000114. The molecule has 0 radical (unpaired) electrons. The molecule has 1 aliphatic carbocycles. The summed E-state index contributed by atoms with van der Waals surface area (Å²) >= 11 is 0. The number of carbonyl (C=O) groups is 1. The minimum atomic E-state index is -0.734. The molecule has 0 saturated heterocycles. The molecule has 1 aromatic carbocycles. The fourth-order valence-electron chi connectivity index (χ4n) is 3.84. The van der Waals surface area contributed by atoms with Crippen molar-refractivity contribution in [1.82, 2.24) is 5.32 Å². The summed E-state index contributed by atoms with van der Waals surface area (Å²) in [6.07, 6.45) is 5.33. The van der Waals surface area contributed by atoms with Gasteiger partial charge in [-0.3, -0.25) is 0 Å². The third-order valence-electron chi connectivity index (χ3n) is 4.98. The van der Waals surface area contributed by atoms with E-state index in [9.17, 15) is 9.90 Å². The van der Waals surface area contributed by atoms with E-state index >= 15 is 0 Å². The van der Waals surface area contributed by atoms with Crippen molar-refractivity contribution in [2.24, 2.45) is 0 Å². The van der Waals surface area contributed by atoms with Crippen LogP contribution in [0.3, 0.4) is 0 Å². The monoisotopic (exact) mass is 376 g/mol. The Morgan fingerprint density at radius 3 is 2.41 bits per heavy atom. The van der Waals surface area contributed by atoms with Crippen LogP contribution in [0.25, 0.3) is 0 Å². The summed E-state index contributed by atoms with van der Waals surface area (Å²) in [6.45, 7) is 9.63. The van der Waals surface area contributed by atoms with Gasteiger partial charge in [-0.2, -0.15) is 0 Å². The minimum absolute atomic E-state index is 0.0210. The molecule has 27 heavy (non-hydrogen) atoms. The van der Waals surface area contributed by atoms with Gasteiger partial charge < -0.3 is 20.5 Å². The number of anilines is 1. The van der Waals surface area contributed by atoms with Crippen LogP contribution >= 0.6 is 0 Å². The van der Waals surface area contributed by atoms with Crippen LogP contribution in [0.5, 0.6) is 0 Å². The molecular weight excluding hydrogens is 340 g/mol. The van der Waals surface area contributed by atoms with Crippen molar-refractivity contribution >= 4 is 11.8 Å². The van der Waals surface area contributed by atoms with Gasteiger partial charge in [-0.1, -0.05) is 37.5 Å². The Bertz CT molecular complexity index is 618. The highest BCUT2D eigenvalue weighted by atomic mass is 16.6. The Morgan fingerprint density at radius 1 is 1.15 bits per heavy atom. The van der Waals surface area contributed by atoms with Crippen molar-refractivity contribution in [3.05, 3.63) is 29.8 Å².